The molecule has 0 saturated carbocycles. The number of hydrogen-bond acceptors (Lipinski definition) is 8. The molecule has 0 radical (unpaired) electrons. The molecule has 1 fully saturated rings. The van der Waals surface area contributed by atoms with Crippen LogP contribution in [0.3, 0.4) is 0 Å². The van der Waals surface area contributed by atoms with Crippen molar-refractivity contribution in [3.8, 4) is 23.0 Å². The van der Waals surface area contributed by atoms with Gasteiger partial charge in [-0.25, -0.2) is 9.18 Å². The molecule has 0 bridgehead atoms. The minimum absolute atomic E-state index is 0.0459. The summed E-state index contributed by atoms with van der Waals surface area (Å²) in [5.41, 5.74) is 1.53. The van der Waals surface area contributed by atoms with Crippen molar-refractivity contribution in [2.45, 2.75) is 12.8 Å². The first-order chi connectivity index (χ1) is 21.4. The lowest BCUT2D eigenvalue weighted by Crippen LogP contribution is -2.35. The quantitative estimate of drug-likeness (QED) is 0.259. The number of amides is 3. The Morgan fingerprint density at radius 1 is 0.932 bits per heavy atom. The summed E-state index contributed by atoms with van der Waals surface area (Å²) in [6.07, 6.45) is 2.75. The summed E-state index contributed by atoms with van der Waals surface area (Å²) in [7, 11) is 3.71. The van der Waals surface area contributed by atoms with Crippen LogP contribution in [0.4, 0.5) is 14.9 Å². The van der Waals surface area contributed by atoms with E-state index in [0.29, 0.717) is 34.8 Å². The Bertz CT molecular complexity index is 1600. The number of halogens is 1. The van der Waals surface area contributed by atoms with Gasteiger partial charge >= 0.3 is 6.03 Å². The van der Waals surface area contributed by atoms with Crippen LogP contribution in [-0.4, -0.2) is 80.2 Å². The third-order valence-corrected chi connectivity index (χ3v) is 7.33. The molecule has 1 saturated heterocycles. The lowest BCUT2D eigenvalue weighted by molar-refractivity contribution is -0.119. The first kappa shape index (κ1) is 30.7. The molecule has 0 unspecified atom stereocenters. The molecule has 11 heteroatoms. The summed E-state index contributed by atoms with van der Waals surface area (Å²) in [5.74, 6) is 0.226. The smallest absolute Gasteiger partial charge is 0.325 e. The van der Waals surface area contributed by atoms with E-state index in [1.807, 2.05) is 18.2 Å². The number of methoxy groups -OCH3 is 1. The molecule has 230 valence electrons. The number of likely N-dealkylation sites (N-methyl/N-ethyl adjacent to an activating group) is 1. The number of imide groups is 1. The van der Waals surface area contributed by atoms with E-state index in [2.05, 4.69) is 32.5 Å². The number of carbonyl (C=O) groups excluding carboxylic acids is 2. The van der Waals surface area contributed by atoms with Crippen molar-refractivity contribution in [2.75, 3.05) is 58.8 Å². The molecule has 5 rings (SSSR count). The number of ether oxygens (including phenoxy) is 3. The monoisotopic (exact) mass is 601 g/mol. The molecule has 1 aromatic heterocycles. The highest BCUT2D eigenvalue weighted by Crippen LogP contribution is 2.37. The molecule has 0 atom stereocenters. The third kappa shape index (κ3) is 8.21. The van der Waals surface area contributed by atoms with Crippen LogP contribution in [0, 0.1) is 5.82 Å². The van der Waals surface area contributed by atoms with Crippen LogP contribution in [0.25, 0.3) is 10.9 Å². The fourth-order valence-corrected chi connectivity index (χ4v) is 4.99. The fraction of sp³-hybridized carbons (Fsp3) is 0.303. The summed E-state index contributed by atoms with van der Waals surface area (Å²) in [6, 6.07) is 17.5. The van der Waals surface area contributed by atoms with Crippen molar-refractivity contribution >= 4 is 28.5 Å². The van der Waals surface area contributed by atoms with Gasteiger partial charge in [-0.3, -0.25) is 20.0 Å². The molecule has 0 aliphatic carbocycles. The van der Waals surface area contributed by atoms with Crippen LogP contribution in [0.2, 0.25) is 0 Å². The summed E-state index contributed by atoms with van der Waals surface area (Å²) < 4.78 is 32.7. The van der Waals surface area contributed by atoms with Crippen LogP contribution >= 0.6 is 0 Å². The number of urea groups is 1. The van der Waals surface area contributed by atoms with Gasteiger partial charge < -0.3 is 24.4 Å². The Morgan fingerprint density at radius 3 is 2.57 bits per heavy atom. The molecular weight excluding hydrogens is 565 g/mol. The second kappa shape index (κ2) is 14.6. The zero-order chi connectivity index (χ0) is 30.9. The standard InChI is InChI=1S/C33H36FN5O5/c1-38-13-6-14-39(16-15-38)17-18-43-31-22-27-25(21-30(31)42-2)28(11-12-35-27)44-29-10-9-24(20-26(29)34)36-33(41)37-32(40)19-23-7-4-3-5-8-23/h3-5,7-12,20-22H,6,13-19H2,1-2H3,(H2,36,37,40,41). The van der Waals surface area contributed by atoms with Crippen molar-refractivity contribution in [3.63, 3.8) is 0 Å². The zero-order valence-corrected chi connectivity index (χ0v) is 24.8. The molecule has 2 heterocycles. The Labute approximate surface area is 255 Å². The number of anilines is 1. The topological polar surface area (TPSA) is 105 Å². The SMILES string of the molecule is COc1cc2c(Oc3ccc(NC(=O)NC(=O)Cc4ccccc4)cc3F)ccnc2cc1OCCN1CCCN(C)CC1. The predicted molar refractivity (Wildman–Crippen MR) is 166 cm³/mol. The molecule has 4 aromatic rings. The van der Waals surface area contributed by atoms with Crippen molar-refractivity contribution in [3.05, 3.63) is 84.3 Å². The first-order valence-electron chi connectivity index (χ1n) is 14.5. The van der Waals surface area contributed by atoms with Crippen LogP contribution in [0.15, 0.2) is 72.9 Å². The minimum atomic E-state index is -0.761. The summed E-state index contributed by atoms with van der Waals surface area (Å²) in [4.78, 5) is 33.6. The lowest BCUT2D eigenvalue weighted by atomic mass is 10.1. The number of benzene rings is 3. The summed E-state index contributed by atoms with van der Waals surface area (Å²) in [5, 5.41) is 5.33. The van der Waals surface area contributed by atoms with Crippen LogP contribution in [0.5, 0.6) is 23.0 Å². The molecule has 1 aliphatic rings. The van der Waals surface area contributed by atoms with Crippen LogP contribution in [0.1, 0.15) is 12.0 Å². The van der Waals surface area contributed by atoms with E-state index in [1.54, 1.807) is 43.6 Å². The lowest BCUT2D eigenvalue weighted by Gasteiger charge is -2.20. The van der Waals surface area contributed by atoms with E-state index in [0.717, 1.165) is 50.8 Å². The number of nitrogens with zero attached hydrogens (tertiary/aromatic N) is 3. The number of pyridine rings is 1. The minimum Gasteiger partial charge on any atom is -0.493 e. The first-order valence-corrected chi connectivity index (χ1v) is 14.5. The number of carbonyl (C=O) groups is 2. The van der Waals surface area contributed by atoms with E-state index >= 15 is 4.39 Å². The Balaban J connectivity index is 1.22. The van der Waals surface area contributed by atoms with Gasteiger partial charge in [0.05, 0.1) is 19.0 Å². The zero-order valence-electron chi connectivity index (χ0n) is 24.8. The van der Waals surface area contributed by atoms with Crippen LogP contribution in [-0.2, 0) is 11.2 Å². The Kier molecular flexibility index (Phi) is 10.2. The van der Waals surface area contributed by atoms with Gasteiger partial charge in [0, 0.05) is 49.0 Å². The maximum atomic E-state index is 15.1. The van der Waals surface area contributed by atoms with Gasteiger partial charge in [-0.15, -0.1) is 0 Å². The predicted octanol–water partition coefficient (Wildman–Crippen LogP) is 5.08. The van der Waals surface area contributed by atoms with Crippen molar-refractivity contribution < 1.29 is 28.2 Å². The molecular formula is C33H36FN5O5. The van der Waals surface area contributed by atoms with Gasteiger partial charge in [-0.05, 0) is 56.4 Å². The largest absolute Gasteiger partial charge is 0.493 e. The van der Waals surface area contributed by atoms with Crippen molar-refractivity contribution in [1.29, 1.82) is 0 Å². The van der Waals surface area contributed by atoms with E-state index in [-0.39, 0.29) is 17.9 Å². The number of fused-ring (bicyclic) bond motifs is 1. The van der Waals surface area contributed by atoms with Crippen LogP contribution < -0.4 is 24.8 Å². The average molecular weight is 602 g/mol. The molecule has 0 spiro atoms. The highest BCUT2D eigenvalue weighted by molar-refractivity contribution is 6.01. The van der Waals surface area contributed by atoms with E-state index in [1.165, 1.54) is 12.1 Å². The normalized spacial score (nSPS) is 14.1. The molecule has 44 heavy (non-hydrogen) atoms. The number of rotatable bonds is 10. The number of hydrogen-bond donors (Lipinski definition) is 2. The Hall–Kier alpha value is -4.74. The second-order valence-electron chi connectivity index (χ2n) is 10.6. The van der Waals surface area contributed by atoms with Gasteiger partial charge in [-0.1, -0.05) is 30.3 Å². The molecule has 3 aromatic carbocycles. The Morgan fingerprint density at radius 2 is 1.77 bits per heavy atom. The molecule has 10 nitrogen and oxygen atoms in total. The maximum absolute atomic E-state index is 15.1. The maximum Gasteiger partial charge on any atom is 0.325 e. The molecule has 3 amide bonds. The molecule has 1 aliphatic heterocycles. The van der Waals surface area contributed by atoms with E-state index in [4.69, 9.17) is 14.2 Å². The van der Waals surface area contributed by atoms with Gasteiger partial charge in [0.25, 0.3) is 0 Å². The summed E-state index contributed by atoms with van der Waals surface area (Å²) >= 11 is 0. The number of aromatic nitrogens is 1. The van der Waals surface area contributed by atoms with E-state index < -0.39 is 17.8 Å². The van der Waals surface area contributed by atoms with Gasteiger partial charge in [0.1, 0.15) is 12.4 Å². The molecule has 2 N–H and O–H groups in total. The highest BCUT2D eigenvalue weighted by atomic mass is 19.1. The summed E-state index contributed by atoms with van der Waals surface area (Å²) in [6.45, 7) is 5.50. The number of nitrogens with one attached hydrogen (secondary N) is 2. The van der Waals surface area contributed by atoms with Gasteiger partial charge in [0.15, 0.2) is 23.1 Å². The average Bonchev–Trinajstić information content (AvgIpc) is 3.22. The van der Waals surface area contributed by atoms with Crippen molar-refractivity contribution in [1.82, 2.24) is 20.1 Å². The fourth-order valence-electron chi connectivity index (χ4n) is 4.99. The van der Waals surface area contributed by atoms with Gasteiger partial charge in [0.2, 0.25) is 5.91 Å². The third-order valence-electron chi connectivity index (χ3n) is 7.33. The van der Waals surface area contributed by atoms with Crippen molar-refractivity contribution in [2.24, 2.45) is 0 Å². The highest BCUT2D eigenvalue weighted by Gasteiger charge is 2.16. The van der Waals surface area contributed by atoms with E-state index in [9.17, 15) is 9.59 Å². The van der Waals surface area contributed by atoms with Gasteiger partial charge in [-0.2, -0.15) is 0 Å². The second-order valence-corrected chi connectivity index (χ2v) is 10.6.